The van der Waals surface area contributed by atoms with Crippen molar-refractivity contribution in [3.05, 3.63) is 64.7 Å². The van der Waals surface area contributed by atoms with Crippen LogP contribution in [-0.2, 0) is 34.0 Å². The molecule has 2 aromatic rings. The van der Waals surface area contributed by atoms with E-state index in [-0.39, 0.29) is 28.9 Å². The van der Waals surface area contributed by atoms with Gasteiger partial charge in [-0.15, -0.1) is 0 Å². The molecule has 2 saturated heterocycles. The first-order valence-corrected chi connectivity index (χ1v) is 12.9. The van der Waals surface area contributed by atoms with E-state index in [9.17, 15) is 14.4 Å². The molecular formula is C25H31B4N3O5. The molecule has 2 fully saturated rings. The molecule has 3 amide bonds. The minimum Gasteiger partial charge on any atom is -0.489 e. The zero-order valence-corrected chi connectivity index (χ0v) is 22.0. The summed E-state index contributed by atoms with van der Waals surface area (Å²) < 4.78 is 12.0. The molecular weight excluding hydrogens is 466 g/mol. The largest absolute Gasteiger partial charge is 0.489 e. The van der Waals surface area contributed by atoms with E-state index in [4.69, 9.17) is 9.47 Å². The smallest absolute Gasteiger partial charge is 0.255 e. The quantitative estimate of drug-likeness (QED) is 0.358. The van der Waals surface area contributed by atoms with Gasteiger partial charge in [0.1, 0.15) is 49.8 Å². The number of morpholine rings is 1. The Hall–Kier alpha value is -2.97. The van der Waals surface area contributed by atoms with Gasteiger partial charge in [0.05, 0.1) is 19.8 Å². The summed E-state index contributed by atoms with van der Waals surface area (Å²) in [5.74, 6) is -0.267. The summed E-state index contributed by atoms with van der Waals surface area (Å²) in [5, 5.41) is 2.25. The number of amides is 3. The Bertz CT molecular complexity index is 1220. The molecule has 0 saturated carbocycles. The van der Waals surface area contributed by atoms with Crippen LogP contribution in [0.25, 0.3) is 0 Å². The summed E-state index contributed by atoms with van der Waals surface area (Å²) in [6.07, 6.45) is 0.572. The number of hydrogen-bond donors (Lipinski definition) is 1. The number of hydrogen-bond acceptors (Lipinski definition) is 6. The van der Waals surface area contributed by atoms with Gasteiger partial charge < -0.3 is 19.3 Å². The number of carbonyl (C=O) groups is 3. The van der Waals surface area contributed by atoms with Crippen LogP contribution < -0.4 is 10.1 Å². The first-order valence-electron chi connectivity index (χ1n) is 12.9. The third-order valence-corrected chi connectivity index (χ3v) is 7.67. The van der Waals surface area contributed by atoms with Crippen molar-refractivity contribution in [1.29, 1.82) is 0 Å². The number of piperidine rings is 1. The summed E-state index contributed by atoms with van der Waals surface area (Å²) in [4.78, 5) is 41.0. The average molecular weight is 497 g/mol. The van der Waals surface area contributed by atoms with Gasteiger partial charge in [0.2, 0.25) is 11.8 Å². The molecule has 188 valence electrons. The summed E-state index contributed by atoms with van der Waals surface area (Å²) in [7, 11) is 8.89. The zero-order chi connectivity index (χ0) is 26.4. The van der Waals surface area contributed by atoms with E-state index in [1.54, 1.807) is 17.0 Å². The van der Waals surface area contributed by atoms with Crippen LogP contribution in [0.4, 0.5) is 0 Å². The number of imide groups is 1. The van der Waals surface area contributed by atoms with Crippen LogP contribution in [-0.4, -0.2) is 88.8 Å². The monoisotopic (exact) mass is 497 g/mol. The van der Waals surface area contributed by atoms with Crippen LogP contribution in [0.1, 0.15) is 39.9 Å². The molecule has 1 N–H and O–H groups in total. The van der Waals surface area contributed by atoms with Gasteiger partial charge in [0.15, 0.2) is 0 Å². The maximum absolute atomic E-state index is 13.0. The van der Waals surface area contributed by atoms with Gasteiger partial charge in [-0.3, -0.25) is 19.7 Å². The van der Waals surface area contributed by atoms with Gasteiger partial charge in [-0.2, -0.15) is 0 Å². The molecule has 8 nitrogen and oxygen atoms in total. The third kappa shape index (κ3) is 5.09. The van der Waals surface area contributed by atoms with Crippen LogP contribution >= 0.6 is 0 Å². The highest BCUT2D eigenvalue weighted by atomic mass is 16.5. The predicted octanol–water partition coefficient (Wildman–Crippen LogP) is -2.30. The second kappa shape index (κ2) is 9.72. The highest BCUT2D eigenvalue weighted by Gasteiger charge is 2.42. The van der Waals surface area contributed by atoms with E-state index in [1.807, 2.05) is 6.07 Å². The van der Waals surface area contributed by atoms with Gasteiger partial charge in [0.25, 0.3) is 5.91 Å². The molecule has 0 aromatic heterocycles. The van der Waals surface area contributed by atoms with E-state index >= 15 is 0 Å². The zero-order valence-electron chi connectivity index (χ0n) is 22.0. The lowest BCUT2D eigenvalue weighted by atomic mass is 9.51. The summed E-state index contributed by atoms with van der Waals surface area (Å²) >= 11 is 0. The molecule has 0 aliphatic carbocycles. The minimum absolute atomic E-state index is 0.0453. The Morgan fingerprint density at radius 2 is 1.65 bits per heavy atom. The Balaban J connectivity index is 1.24. The molecule has 3 heterocycles. The summed E-state index contributed by atoms with van der Waals surface area (Å²) in [6, 6.07) is 13.2. The molecule has 3 aliphatic heterocycles. The number of nitrogens with zero attached hydrogens (tertiary/aromatic N) is 2. The lowest BCUT2D eigenvalue weighted by Crippen LogP contribution is -2.69. The molecule has 1 atom stereocenters. The molecule has 0 radical (unpaired) electrons. The first-order chi connectivity index (χ1) is 17.5. The van der Waals surface area contributed by atoms with Crippen LogP contribution in [0.5, 0.6) is 5.75 Å². The SMILES string of the molecule is BC1(B)COCC(B)(B)N1Cc1ccc(COc2cccc3c2CN(C2CCC(=O)NC2=O)C3=O)cc1. The highest BCUT2D eigenvalue weighted by molar-refractivity contribution is 6.44. The first kappa shape index (κ1) is 25.7. The van der Waals surface area contributed by atoms with Crippen molar-refractivity contribution in [3.63, 3.8) is 0 Å². The Labute approximate surface area is 221 Å². The van der Waals surface area contributed by atoms with E-state index in [0.717, 1.165) is 17.7 Å². The molecule has 0 spiro atoms. The number of carbonyl (C=O) groups excluding carboxylic acids is 3. The van der Waals surface area contributed by atoms with Crippen molar-refractivity contribution >= 4 is 49.1 Å². The van der Waals surface area contributed by atoms with Crippen molar-refractivity contribution in [1.82, 2.24) is 15.1 Å². The van der Waals surface area contributed by atoms with E-state index in [0.29, 0.717) is 44.1 Å². The van der Waals surface area contributed by atoms with E-state index in [2.05, 4.69) is 65.9 Å². The van der Waals surface area contributed by atoms with Crippen molar-refractivity contribution in [3.8, 4) is 5.75 Å². The van der Waals surface area contributed by atoms with Gasteiger partial charge in [-0.25, -0.2) is 0 Å². The molecule has 2 aromatic carbocycles. The molecule has 0 bridgehead atoms. The lowest BCUT2D eigenvalue weighted by molar-refractivity contribution is -0.136. The maximum atomic E-state index is 13.0. The van der Waals surface area contributed by atoms with Crippen LogP contribution in [0.3, 0.4) is 0 Å². The Morgan fingerprint density at radius 1 is 0.973 bits per heavy atom. The lowest BCUT2D eigenvalue weighted by Gasteiger charge is -2.53. The van der Waals surface area contributed by atoms with Crippen LogP contribution in [0.15, 0.2) is 42.5 Å². The van der Waals surface area contributed by atoms with Crippen molar-refractivity contribution in [2.24, 2.45) is 0 Å². The van der Waals surface area contributed by atoms with Crippen molar-refractivity contribution in [2.75, 3.05) is 13.2 Å². The topological polar surface area (TPSA) is 88.2 Å². The molecule has 12 heteroatoms. The number of fused-ring (bicyclic) bond motifs is 1. The minimum atomic E-state index is -0.639. The third-order valence-electron chi connectivity index (χ3n) is 7.67. The number of rotatable bonds is 6. The molecule has 5 rings (SSSR count). The Morgan fingerprint density at radius 3 is 2.32 bits per heavy atom. The highest BCUT2D eigenvalue weighted by Crippen LogP contribution is 2.34. The fourth-order valence-corrected chi connectivity index (χ4v) is 5.73. The molecule has 37 heavy (non-hydrogen) atoms. The number of benzene rings is 2. The van der Waals surface area contributed by atoms with Gasteiger partial charge >= 0.3 is 0 Å². The Kier molecular flexibility index (Phi) is 6.75. The van der Waals surface area contributed by atoms with Crippen molar-refractivity contribution < 1.29 is 23.9 Å². The number of ether oxygens (including phenoxy) is 2. The fraction of sp³-hybridized carbons (Fsp3) is 0.400. The standard InChI is InChI=1S/C25H31B4N3O5/c26-24(27)13-36-14-25(28,29)32(24)10-15-4-6-16(7-5-15)12-37-20-3-1-2-17-18(20)11-31(23(17)35)19-8-9-21(33)30-22(19)34/h1-7,19H,8-14,26-29H2,(H,30,33,34). The average Bonchev–Trinajstić information content (AvgIpc) is 3.17. The fourth-order valence-electron chi connectivity index (χ4n) is 5.73. The van der Waals surface area contributed by atoms with Crippen LogP contribution in [0.2, 0.25) is 0 Å². The number of nitrogens with one attached hydrogen (secondary N) is 1. The van der Waals surface area contributed by atoms with E-state index in [1.165, 1.54) is 5.56 Å². The van der Waals surface area contributed by atoms with Gasteiger partial charge in [0, 0.05) is 24.1 Å². The summed E-state index contributed by atoms with van der Waals surface area (Å²) in [6.45, 7) is 2.94. The van der Waals surface area contributed by atoms with Crippen molar-refractivity contribution in [2.45, 2.75) is 49.3 Å². The molecule has 3 aliphatic rings. The van der Waals surface area contributed by atoms with Gasteiger partial charge in [-0.1, -0.05) is 30.3 Å². The van der Waals surface area contributed by atoms with Crippen LogP contribution in [0, 0.1) is 0 Å². The predicted molar refractivity (Wildman–Crippen MR) is 149 cm³/mol. The summed E-state index contributed by atoms with van der Waals surface area (Å²) in [5.41, 5.74) is 3.60. The second-order valence-corrected chi connectivity index (χ2v) is 11.5. The second-order valence-electron chi connectivity index (χ2n) is 11.5. The molecule has 1 unspecified atom stereocenters. The van der Waals surface area contributed by atoms with Gasteiger partial charge in [-0.05, 0) is 40.4 Å². The normalized spacial score (nSPS) is 23.0. The van der Waals surface area contributed by atoms with E-state index < -0.39 is 11.9 Å². The maximum Gasteiger partial charge on any atom is 0.255 e.